The van der Waals surface area contributed by atoms with Crippen LogP contribution in [0.5, 0.6) is 0 Å². The molecule has 0 atom stereocenters. The van der Waals surface area contributed by atoms with Gasteiger partial charge in [0.15, 0.2) is 5.76 Å². The normalized spacial score (nSPS) is 12.4. The summed E-state index contributed by atoms with van der Waals surface area (Å²) in [6.45, 7) is 2.71. The molecule has 3 heteroatoms. The molecule has 0 unspecified atom stereocenters. The molecule has 1 aromatic heterocycles. The predicted octanol–water partition coefficient (Wildman–Crippen LogP) is 6.47. The number of fused-ring (bicyclic) bond motifs is 2. The molecule has 0 spiro atoms. The maximum absolute atomic E-state index is 5.74. The summed E-state index contributed by atoms with van der Waals surface area (Å²) in [5.41, 5.74) is 7.89. The van der Waals surface area contributed by atoms with E-state index in [4.69, 9.17) is 4.52 Å². The first-order chi connectivity index (χ1) is 13.8. The Labute approximate surface area is 164 Å². The van der Waals surface area contributed by atoms with Gasteiger partial charge in [-0.1, -0.05) is 78.0 Å². The number of anilines is 2. The smallest absolute Gasteiger partial charge is 0.157 e. The number of nitrogens with zero attached hydrogens (tertiary/aromatic N) is 2. The van der Waals surface area contributed by atoms with Gasteiger partial charge < -0.3 is 9.42 Å². The fourth-order valence-corrected chi connectivity index (χ4v) is 3.76. The third-order valence-corrected chi connectivity index (χ3v) is 5.19. The van der Waals surface area contributed by atoms with Crippen molar-refractivity contribution < 1.29 is 4.52 Å². The minimum atomic E-state index is 0.620. The van der Waals surface area contributed by atoms with Crippen LogP contribution in [0.4, 0.5) is 11.4 Å². The van der Waals surface area contributed by atoms with Crippen molar-refractivity contribution >= 4 is 23.5 Å². The molecule has 0 fully saturated rings. The molecule has 0 bridgehead atoms. The molecular weight excluding hydrogens is 344 g/mol. The SMILES string of the molecule is Cc1ccccc1-c1cc(CN2c3ccccc3C=Cc3ccccc32)on1. The second kappa shape index (κ2) is 6.86. The van der Waals surface area contributed by atoms with E-state index in [1.165, 1.54) is 16.7 Å². The van der Waals surface area contributed by atoms with Crippen molar-refractivity contribution in [3.63, 3.8) is 0 Å². The molecule has 5 rings (SSSR count). The van der Waals surface area contributed by atoms with E-state index in [1.807, 2.05) is 18.2 Å². The van der Waals surface area contributed by atoms with Gasteiger partial charge in [0, 0.05) is 23.0 Å². The van der Waals surface area contributed by atoms with E-state index >= 15 is 0 Å². The minimum absolute atomic E-state index is 0.620. The summed E-state index contributed by atoms with van der Waals surface area (Å²) in [7, 11) is 0. The fraction of sp³-hybridized carbons (Fsp3) is 0.0800. The van der Waals surface area contributed by atoms with Crippen molar-refractivity contribution in [2.45, 2.75) is 13.5 Å². The summed E-state index contributed by atoms with van der Waals surface area (Å²) in [5.74, 6) is 0.838. The summed E-state index contributed by atoms with van der Waals surface area (Å²) >= 11 is 0. The fourth-order valence-electron chi connectivity index (χ4n) is 3.76. The molecule has 28 heavy (non-hydrogen) atoms. The van der Waals surface area contributed by atoms with Gasteiger partial charge >= 0.3 is 0 Å². The number of para-hydroxylation sites is 2. The maximum Gasteiger partial charge on any atom is 0.157 e. The van der Waals surface area contributed by atoms with Gasteiger partial charge in [-0.2, -0.15) is 0 Å². The van der Waals surface area contributed by atoms with E-state index < -0.39 is 0 Å². The van der Waals surface area contributed by atoms with Crippen molar-refractivity contribution in [2.24, 2.45) is 0 Å². The lowest BCUT2D eigenvalue weighted by Crippen LogP contribution is -2.17. The highest BCUT2D eigenvalue weighted by atomic mass is 16.5. The number of hydrogen-bond acceptors (Lipinski definition) is 3. The molecular formula is C25H20N2O. The average molecular weight is 364 g/mol. The molecule has 1 aliphatic rings. The summed E-state index contributed by atoms with van der Waals surface area (Å²) in [6.07, 6.45) is 4.35. The Balaban J connectivity index is 1.55. The summed E-state index contributed by atoms with van der Waals surface area (Å²) in [5, 5.41) is 4.33. The molecule has 2 heterocycles. The third kappa shape index (κ3) is 2.91. The van der Waals surface area contributed by atoms with Crippen LogP contribution in [-0.2, 0) is 6.54 Å². The zero-order chi connectivity index (χ0) is 18.9. The molecule has 4 aromatic rings. The predicted molar refractivity (Wildman–Crippen MR) is 114 cm³/mol. The topological polar surface area (TPSA) is 29.3 Å². The standard InChI is InChI=1S/C25H20N2O/c1-18-8-2-5-11-22(18)23-16-21(28-26-23)17-27-24-12-6-3-9-19(24)14-15-20-10-4-7-13-25(20)27/h2-16H,17H2,1H3. The van der Waals surface area contributed by atoms with E-state index in [-0.39, 0.29) is 0 Å². The Morgan fingerprint density at radius 2 is 1.39 bits per heavy atom. The van der Waals surface area contributed by atoms with Gasteiger partial charge in [-0.05, 0) is 35.7 Å². The van der Waals surface area contributed by atoms with Crippen LogP contribution in [0.15, 0.2) is 83.4 Å². The van der Waals surface area contributed by atoms with Crippen molar-refractivity contribution in [1.82, 2.24) is 5.16 Å². The number of aryl methyl sites for hydroxylation is 1. The van der Waals surface area contributed by atoms with Gasteiger partial charge in [-0.25, -0.2) is 0 Å². The lowest BCUT2D eigenvalue weighted by Gasteiger charge is -2.25. The molecule has 0 radical (unpaired) electrons. The van der Waals surface area contributed by atoms with Crippen LogP contribution in [-0.4, -0.2) is 5.16 Å². The van der Waals surface area contributed by atoms with Crippen LogP contribution in [0.2, 0.25) is 0 Å². The molecule has 0 N–H and O–H groups in total. The Kier molecular flexibility index (Phi) is 4.06. The van der Waals surface area contributed by atoms with Gasteiger partial charge in [0.25, 0.3) is 0 Å². The summed E-state index contributed by atoms with van der Waals surface area (Å²) < 4.78 is 5.74. The lowest BCUT2D eigenvalue weighted by molar-refractivity contribution is 0.386. The van der Waals surface area contributed by atoms with Gasteiger partial charge in [0.2, 0.25) is 0 Å². The van der Waals surface area contributed by atoms with Crippen LogP contribution in [0.25, 0.3) is 23.4 Å². The highest BCUT2D eigenvalue weighted by Gasteiger charge is 2.20. The van der Waals surface area contributed by atoms with Crippen LogP contribution >= 0.6 is 0 Å². The molecule has 0 amide bonds. The molecule has 0 saturated carbocycles. The zero-order valence-corrected chi connectivity index (χ0v) is 15.7. The Bertz CT molecular complexity index is 1120. The molecule has 3 aromatic carbocycles. The number of benzene rings is 3. The Morgan fingerprint density at radius 3 is 2.07 bits per heavy atom. The van der Waals surface area contributed by atoms with Gasteiger partial charge in [-0.15, -0.1) is 0 Å². The summed E-state index contributed by atoms with van der Waals surface area (Å²) in [4.78, 5) is 2.30. The molecule has 136 valence electrons. The third-order valence-electron chi connectivity index (χ3n) is 5.19. The largest absolute Gasteiger partial charge is 0.359 e. The van der Waals surface area contributed by atoms with Crippen LogP contribution in [0, 0.1) is 6.92 Å². The molecule has 1 aliphatic heterocycles. The van der Waals surface area contributed by atoms with Gasteiger partial charge in [0.1, 0.15) is 5.69 Å². The van der Waals surface area contributed by atoms with E-state index in [0.717, 1.165) is 28.4 Å². The highest BCUT2D eigenvalue weighted by Crippen LogP contribution is 2.37. The summed E-state index contributed by atoms with van der Waals surface area (Å²) in [6, 6.07) is 27.2. The first-order valence-electron chi connectivity index (χ1n) is 9.45. The van der Waals surface area contributed by atoms with Crippen molar-refractivity contribution in [3.8, 4) is 11.3 Å². The van der Waals surface area contributed by atoms with E-state index in [9.17, 15) is 0 Å². The minimum Gasteiger partial charge on any atom is -0.359 e. The lowest BCUT2D eigenvalue weighted by atomic mass is 10.1. The maximum atomic E-state index is 5.74. The first-order valence-corrected chi connectivity index (χ1v) is 9.45. The van der Waals surface area contributed by atoms with Crippen molar-refractivity contribution in [1.29, 1.82) is 0 Å². The van der Waals surface area contributed by atoms with Gasteiger partial charge in [-0.3, -0.25) is 0 Å². The molecule has 0 aliphatic carbocycles. The van der Waals surface area contributed by atoms with E-state index in [0.29, 0.717) is 6.54 Å². The second-order valence-electron chi connectivity index (χ2n) is 7.03. The van der Waals surface area contributed by atoms with Crippen molar-refractivity contribution in [3.05, 3.63) is 101 Å². The monoisotopic (exact) mass is 364 g/mol. The average Bonchev–Trinajstić information content (AvgIpc) is 3.13. The van der Waals surface area contributed by atoms with Crippen LogP contribution < -0.4 is 4.90 Å². The number of rotatable bonds is 3. The number of aromatic nitrogens is 1. The first kappa shape index (κ1) is 16.6. The zero-order valence-electron chi connectivity index (χ0n) is 15.7. The van der Waals surface area contributed by atoms with Crippen LogP contribution in [0.1, 0.15) is 22.5 Å². The van der Waals surface area contributed by atoms with Crippen LogP contribution in [0.3, 0.4) is 0 Å². The molecule has 0 saturated heterocycles. The highest BCUT2D eigenvalue weighted by molar-refractivity contribution is 5.88. The number of hydrogen-bond donors (Lipinski definition) is 0. The second-order valence-corrected chi connectivity index (χ2v) is 7.03. The quantitative estimate of drug-likeness (QED) is 0.417. The van der Waals surface area contributed by atoms with Gasteiger partial charge in [0.05, 0.1) is 6.54 Å². The van der Waals surface area contributed by atoms with E-state index in [2.05, 4.69) is 89.8 Å². The Morgan fingerprint density at radius 1 is 0.786 bits per heavy atom. The molecule has 3 nitrogen and oxygen atoms in total. The van der Waals surface area contributed by atoms with Crippen molar-refractivity contribution in [2.75, 3.05) is 4.90 Å². The Hall–Kier alpha value is -3.59. The van der Waals surface area contributed by atoms with E-state index in [1.54, 1.807) is 0 Å².